The number of likely N-dealkylation sites (tertiary alicyclic amines) is 1. The Morgan fingerprint density at radius 3 is 2.69 bits per heavy atom. The zero-order valence-electron chi connectivity index (χ0n) is 15.0. The van der Waals surface area contributed by atoms with Crippen LogP contribution < -0.4 is 0 Å². The third-order valence-electron chi connectivity index (χ3n) is 5.65. The second-order valence-corrected chi connectivity index (χ2v) is 7.53. The number of benzene rings is 2. The molecule has 1 N–H and O–H groups in total. The van der Waals surface area contributed by atoms with Gasteiger partial charge in [0.1, 0.15) is 0 Å². The third-order valence-corrected chi connectivity index (χ3v) is 5.65. The van der Waals surface area contributed by atoms with E-state index in [0.717, 1.165) is 29.3 Å². The van der Waals surface area contributed by atoms with E-state index in [9.17, 15) is 0 Å². The van der Waals surface area contributed by atoms with Crippen LogP contribution in [0.15, 0.2) is 42.5 Å². The van der Waals surface area contributed by atoms with E-state index in [1.807, 2.05) is 0 Å². The zero-order chi connectivity index (χ0) is 17.3. The molecule has 2 aliphatic rings. The van der Waals surface area contributed by atoms with Gasteiger partial charge in [-0.25, -0.2) is 4.98 Å². The van der Waals surface area contributed by atoms with E-state index in [0.29, 0.717) is 0 Å². The lowest BCUT2D eigenvalue weighted by molar-refractivity contribution is 0.331. The Morgan fingerprint density at radius 1 is 0.885 bits per heavy atom. The molecule has 5 rings (SSSR count). The van der Waals surface area contributed by atoms with Gasteiger partial charge in [-0.2, -0.15) is 5.10 Å². The number of aromatic nitrogens is 3. The fraction of sp³-hybridized carbons (Fsp3) is 0.364. The van der Waals surface area contributed by atoms with Gasteiger partial charge in [0, 0.05) is 17.7 Å². The number of rotatable bonds is 4. The third kappa shape index (κ3) is 3.06. The number of hydrogen-bond donors (Lipinski definition) is 1. The quantitative estimate of drug-likeness (QED) is 0.770. The molecule has 0 bridgehead atoms. The molecule has 3 aromatic rings. The molecule has 1 aliphatic heterocycles. The van der Waals surface area contributed by atoms with E-state index in [4.69, 9.17) is 4.98 Å². The van der Waals surface area contributed by atoms with Crippen LogP contribution in [0, 0.1) is 0 Å². The van der Waals surface area contributed by atoms with Crippen molar-refractivity contribution in [1.29, 1.82) is 0 Å². The summed E-state index contributed by atoms with van der Waals surface area (Å²) in [6.07, 6.45) is 6.31. The minimum Gasteiger partial charge on any atom is -0.299 e. The molecule has 1 fully saturated rings. The van der Waals surface area contributed by atoms with Crippen molar-refractivity contribution in [3.05, 3.63) is 59.2 Å². The van der Waals surface area contributed by atoms with E-state index < -0.39 is 0 Å². The first-order valence-corrected chi connectivity index (χ1v) is 9.71. The topological polar surface area (TPSA) is 44.8 Å². The number of nitrogens with zero attached hydrogens (tertiary/aromatic N) is 3. The molecule has 0 amide bonds. The molecule has 26 heavy (non-hydrogen) atoms. The summed E-state index contributed by atoms with van der Waals surface area (Å²) in [5.74, 6) is 1.64. The Kier molecular flexibility index (Phi) is 4.06. The van der Waals surface area contributed by atoms with Crippen molar-refractivity contribution in [3.63, 3.8) is 0 Å². The zero-order valence-corrected chi connectivity index (χ0v) is 15.0. The molecule has 0 atom stereocenters. The molecular weight excluding hydrogens is 320 g/mol. The summed E-state index contributed by atoms with van der Waals surface area (Å²) in [7, 11) is 0. The lowest BCUT2D eigenvalue weighted by atomic mass is 10.1. The second-order valence-electron chi connectivity index (χ2n) is 7.53. The summed E-state index contributed by atoms with van der Waals surface area (Å²) in [5, 5.41) is 7.61. The number of H-pyrrole nitrogens is 1. The maximum absolute atomic E-state index is 4.77. The molecule has 4 heteroatoms. The molecule has 0 spiro atoms. The average Bonchev–Trinajstić information content (AvgIpc) is 3.42. The highest BCUT2D eigenvalue weighted by molar-refractivity contribution is 5.63. The average molecular weight is 344 g/mol. The minimum absolute atomic E-state index is 0.781. The van der Waals surface area contributed by atoms with Crippen LogP contribution in [0.3, 0.4) is 0 Å². The smallest absolute Gasteiger partial charge is 0.181 e. The van der Waals surface area contributed by atoms with E-state index in [-0.39, 0.29) is 0 Å². The first-order chi connectivity index (χ1) is 12.8. The van der Waals surface area contributed by atoms with Crippen LogP contribution in [-0.4, -0.2) is 33.2 Å². The van der Waals surface area contributed by atoms with Crippen molar-refractivity contribution in [2.24, 2.45) is 0 Å². The molecular formula is C22H24N4. The predicted octanol–water partition coefficient (Wildman–Crippen LogP) is 4.22. The molecule has 0 radical (unpaired) electrons. The molecule has 2 heterocycles. The summed E-state index contributed by atoms with van der Waals surface area (Å²) >= 11 is 0. The Morgan fingerprint density at radius 2 is 1.77 bits per heavy atom. The monoisotopic (exact) mass is 344 g/mol. The fourth-order valence-corrected chi connectivity index (χ4v) is 4.25. The van der Waals surface area contributed by atoms with Crippen LogP contribution in [0.5, 0.6) is 0 Å². The van der Waals surface area contributed by atoms with Gasteiger partial charge in [0.25, 0.3) is 0 Å². The first kappa shape index (κ1) is 15.8. The number of fused-ring (bicyclic) bond motifs is 1. The molecule has 132 valence electrons. The van der Waals surface area contributed by atoms with Crippen LogP contribution in [0.2, 0.25) is 0 Å². The summed E-state index contributed by atoms with van der Waals surface area (Å²) in [6, 6.07) is 15.3. The molecule has 2 aromatic carbocycles. The van der Waals surface area contributed by atoms with E-state index >= 15 is 0 Å². The minimum atomic E-state index is 0.781. The van der Waals surface area contributed by atoms with Crippen molar-refractivity contribution in [1.82, 2.24) is 20.1 Å². The Balaban J connectivity index is 1.39. The summed E-state index contributed by atoms with van der Waals surface area (Å²) < 4.78 is 0. The SMILES string of the molecule is c1cc(CN2CCCC2)cc(-c2n[nH]c(-c3ccc4c(c3)CCC4)n2)c1. The first-order valence-electron chi connectivity index (χ1n) is 9.71. The largest absolute Gasteiger partial charge is 0.299 e. The van der Waals surface area contributed by atoms with Crippen molar-refractivity contribution in [2.45, 2.75) is 38.6 Å². The summed E-state index contributed by atoms with van der Waals surface area (Å²) in [4.78, 5) is 7.29. The standard InChI is InChI=1S/C22H24N4/c1-2-12-26(11-1)15-16-5-3-8-19(13-16)21-23-22(25-24-21)20-10-9-17-6-4-7-18(17)14-20/h3,5,8-10,13-14H,1-2,4,6-7,11-12,15H2,(H,23,24,25). The van der Waals surface area contributed by atoms with Gasteiger partial charge >= 0.3 is 0 Å². The van der Waals surface area contributed by atoms with Gasteiger partial charge in [-0.1, -0.05) is 30.3 Å². The fourth-order valence-electron chi connectivity index (χ4n) is 4.25. The van der Waals surface area contributed by atoms with Crippen LogP contribution in [-0.2, 0) is 19.4 Å². The molecule has 1 aliphatic carbocycles. The number of aryl methyl sites for hydroxylation is 2. The molecule has 4 nitrogen and oxygen atoms in total. The molecule has 1 saturated heterocycles. The highest BCUT2D eigenvalue weighted by Crippen LogP contribution is 2.27. The Hall–Kier alpha value is -2.46. The van der Waals surface area contributed by atoms with Crippen molar-refractivity contribution >= 4 is 0 Å². The van der Waals surface area contributed by atoms with Crippen LogP contribution in [0.4, 0.5) is 0 Å². The van der Waals surface area contributed by atoms with Gasteiger partial charge in [0.2, 0.25) is 0 Å². The van der Waals surface area contributed by atoms with Crippen molar-refractivity contribution in [2.75, 3.05) is 13.1 Å². The normalized spacial score (nSPS) is 16.9. The number of aromatic amines is 1. The summed E-state index contributed by atoms with van der Waals surface area (Å²) in [5.41, 5.74) is 6.52. The maximum atomic E-state index is 4.77. The van der Waals surface area contributed by atoms with Crippen molar-refractivity contribution in [3.8, 4) is 22.8 Å². The second kappa shape index (κ2) is 6.69. The van der Waals surface area contributed by atoms with Gasteiger partial charge in [0.15, 0.2) is 11.6 Å². The predicted molar refractivity (Wildman–Crippen MR) is 104 cm³/mol. The van der Waals surface area contributed by atoms with Gasteiger partial charge in [-0.15, -0.1) is 0 Å². The van der Waals surface area contributed by atoms with E-state index in [1.165, 1.54) is 61.9 Å². The van der Waals surface area contributed by atoms with Gasteiger partial charge in [-0.3, -0.25) is 10.00 Å². The molecule has 0 saturated carbocycles. The van der Waals surface area contributed by atoms with Crippen LogP contribution in [0.25, 0.3) is 22.8 Å². The maximum Gasteiger partial charge on any atom is 0.181 e. The van der Waals surface area contributed by atoms with Crippen molar-refractivity contribution < 1.29 is 0 Å². The Labute approximate surface area is 154 Å². The highest BCUT2D eigenvalue weighted by Gasteiger charge is 2.15. The van der Waals surface area contributed by atoms with Crippen LogP contribution >= 0.6 is 0 Å². The van der Waals surface area contributed by atoms with Gasteiger partial charge in [0.05, 0.1) is 0 Å². The highest BCUT2D eigenvalue weighted by atomic mass is 15.2. The number of hydrogen-bond acceptors (Lipinski definition) is 3. The number of nitrogens with one attached hydrogen (secondary N) is 1. The van der Waals surface area contributed by atoms with E-state index in [2.05, 4.69) is 57.6 Å². The molecule has 1 aromatic heterocycles. The summed E-state index contributed by atoms with van der Waals surface area (Å²) in [6.45, 7) is 3.46. The van der Waals surface area contributed by atoms with Crippen LogP contribution in [0.1, 0.15) is 36.0 Å². The lowest BCUT2D eigenvalue weighted by Crippen LogP contribution is -2.18. The van der Waals surface area contributed by atoms with Gasteiger partial charge < -0.3 is 0 Å². The lowest BCUT2D eigenvalue weighted by Gasteiger charge is -2.14. The van der Waals surface area contributed by atoms with E-state index in [1.54, 1.807) is 0 Å². The molecule has 0 unspecified atom stereocenters. The Bertz CT molecular complexity index is 921. The van der Waals surface area contributed by atoms with Gasteiger partial charge in [-0.05, 0) is 74.0 Å².